The Labute approximate surface area is 157 Å². The Morgan fingerprint density at radius 1 is 0.909 bits per heavy atom. The summed E-state index contributed by atoms with van der Waals surface area (Å²) >= 11 is 0. The van der Waals surface area contributed by atoms with Crippen LogP contribution in [0.2, 0.25) is 0 Å². The van der Waals surface area contributed by atoms with Gasteiger partial charge in [0.25, 0.3) is 0 Å². The molecule has 0 fully saturated rings. The van der Waals surface area contributed by atoms with Crippen molar-refractivity contribution in [1.29, 1.82) is 0 Å². The zero-order chi connectivity index (χ0) is 15.9. The number of hydrogen-bond donors (Lipinski definition) is 0. The van der Waals surface area contributed by atoms with Crippen LogP contribution in [0.25, 0.3) is 0 Å². The van der Waals surface area contributed by atoms with Crippen LogP contribution in [0.15, 0.2) is 0 Å². The fourth-order valence-corrected chi connectivity index (χ4v) is 2.36. The van der Waals surface area contributed by atoms with E-state index in [2.05, 4.69) is 6.92 Å². The molecule has 0 aromatic carbocycles. The molecule has 0 saturated heterocycles. The number of carboxylic acid groups (broad SMARTS) is 1. The second-order valence-corrected chi connectivity index (χ2v) is 5.82. The van der Waals surface area contributed by atoms with E-state index in [4.69, 9.17) is 4.74 Å². The van der Waals surface area contributed by atoms with Crippen LogP contribution < -0.4 is 34.7 Å². The Bertz CT molecular complexity index is 282. The van der Waals surface area contributed by atoms with Gasteiger partial charge in [0.1, 0.15) is 0 Å². The zero-order valence-corrected chi connectivity index (χ0v) is 16.7. The molecule has 0 heterocycles. The monoisotopic (exact) mass is 322 g/mol. The van der Waals surface area contributed by atoms with E-state index in [1.165, 1.54) is 51.4 Å². The van der Waals surface area contributed by atoms with E-state index in [0.717, 1.165) is 19.3 Å². The van der Waals surface area contributed by atoms with Gasteiger partial charge in [0.05, 0.1) is 18.5 Å². The van der Waals surface area contributed by atoms with Crippen molar-refractivity contribution in [2.45, 2.75) is 97.0 Å². The number of carbonyl (C=O) groups is 2. The second-order valence-electron chi connectivity index (χ2n) is 5.82. The Morgan fingerprint density at radius 2 is 1.36 bits per heavy atom. The predicted octanol–water partition coefficient (Wildman–Crippen LogP) is 0.373. The fourth-order valence-electron chi connectivity index (χ4n) is 2.36. The van der Waals surface area contributed by atoms with E-state index in [1.807, 2.05) is 0 Å². The van der Waals surface area contributed by atoms with Gasteiger partial charge < -0.3 is 14.6 Å². The van der Waals surface area contributed by atoms with E-state index in [0.29, 0.717) is 0 Å². The van der Waals surface area contributed by atoms with Gasteiger partial charge in [-0.3, -0.25) is 4.79 Å². The Morgan fingerprint density at radius 3 is 1.82 bits per heavy atom. The van der Waals surface area contributed by atoms with Crippen LogP contribution in [0.3, 0.4) is 0 Å². The zero-order valence-electron chi connectivity index (χ0n) is 14.7. The number of unbranched alkanes of at least 4 members (excludes halogenated alkanes) is 9. The summed E-state index contributed by atoms with van der Waals surface area (Å²) in [5, 5.41) is 10.2. The molecule has 0 radical (unpaired) electrons. The molecule has 0 aliphatic carbocycles. The largest absolute Gasteiger partial charge is 1.00 e. The van der Waals surface area contributed by atoms with Gasteiger partial charge in [-0.15, -0.1) is 0 Å². The average Bonchev–Trinajstić information content (AvgIpc) is 2.39. The molecule has 0 aromatic rings. The van der Waals surface area contributed by atoms with Gasteiger partial charge in [-0.1, -0.05) is 64.7 Å². The van der Waals surface area contributed by atoms with E-state index in [9.17, 15) is 14.7 Å². The first-order chi connectivity index (χ1) is 10.1. The summed E-state index contributed by atoms with van der Waals surface area (Å²) in [6, 6.07) is 0. The molecule has 0 aliphatic heterocycles. The number of hydrogen-bond acceptors (Lipinski definition) is 4. The van der Waals surface area contributed by atoms with Crippen molar-refractivity contribution in [3.05, 3.63) is 0 Å². The van der Waals surface area contributed by atoms with Crippen LogP contribution in [0.4, 0.5) is 0 Å². The summed E-state index contributed by atoms with van der Waals surface area (Å²) in [4.78, 5) is 21.3. The molecule has 0 aliphatic rings. The van der Waals surface area contributed by atoms with Gasteiger partial charge in [-0.25, -0.2) is 0 Å². The number of aliphatic carboxylic acids is 1. The quantitative estimate of drug-likeness (QED) is 0.201. The predicted molar refractivity (Wildman–Crippen MR) is 81.6 cm³/mol. The SMILES string of the molecule is CCCCCCCCCCCCC(C)OC(=O)CC(=O)[O-].[Na+]. The summed E-state index contributed by atoms with van der Waals surface area (Å²) in [5.41, 5.74) is 0. The number of esters is 1. The molecule has 0 rings (SSSR count). The smallest absolute Gasteiger partial charge is 0.550 e. The minimum Gasteiger partial charge on any atom is -0.550 e. The molecule has 1 atom stereocenters. The van der Waals surface area contributed by atoms with E-state index in [-0.39, 0.29) is 35.7 Å². The third-order valence-electron chi connectivity index (χ3n) is 3.59. The van der Waals surface area contributed by atoms with Gasteiger partial charge >= 0.3 is 35.5 Å². The molecular weight excluding hydrogens is 291 g/mol. The molecule has 124 valence electrons. The molecule has 5 heteroatoms. The summed E-state index contributed by atoms with van der Waals surface area (Å²) in [7, 11) is 0. The molecule has 0 spiro atoms. The van der Waals surface area contributed by atoms with Gasteiger partial charge in [0.2, 0.25) is 0 Å². The Hall–Kier alpha value is -0.0600. The molecule has 0 N–H and O–H groups in total. The van der Waals surface area contributed by atoms with Crippen LogP contribution >= 0.6 is 0 Å². The van der Waals surface area contributed by atoms with Crippen molar-refractivity contribution in [3.8, 4) is 0 Å². The second kappa shape index (κ2) is 17.3. The van der Waals surface area contributed by atoms with Crippen molar-refractivity contribution < 1.29 is 49.0 Å². The topological polar surface area (TPSA) is 66.4 Å². The maximum atomic E-state index is 11.1. The molecule has 4 nitrogen and oxygen atoms in total. The van der Waals surface area contributed by atoms with Crippen LogP contribution in [0, 0.1) is 0 Å². The van der Waals surface area contributed by atoms with Crippen molar-refractivity contribution in [3.63, 3.8) is 0 Å². The standard InChI is InChI=1S/C17H32O4.Na/c1-3-4-5-6-7-8-9-10-11-12-13-15(2)21-17(20)14-16(18)19;/h15H,3-14H2,1-2H3,(H,18,19);/q;+1/p-1. The minimum absolute atomic E-state index is 0. The molecule has 0 amide bonds. The molecule has 0 bridgehead atoms. The maximum Gasteiger partial charge on any atom is 1.00 e. The first-order valence-electron chi connectivity index (χ1n) is 8.45. The van der Waals surface area contributed by atoms with E-state index in [1.54, 1.807) is 6.92 Å². The first-order valence-corrected chi connectivity index (χ1v) is 8.45. The molecule has 0 aromatic heterocycles. The van der Waals surface area contributed by atoms with Crippen molar-refractivity contribution in [2.75, 3.05) is 0 Å². The van der Waals surface area contributed by atoms with Gasteiger partial charge in [0.15, 0.2) is 0 Å². The van der Waals surface area contributed by atoms with Crippen molar-refractivity contribution in [1.82, 2.24) is 0 Å². The van der Waals surface area contributed by atoms with E-state index < -0.39 is 18.4 Å². The van der Waals surface area contributed by atoms with Gasteiger partial charge in [0, 0.05) is 0 Å². The third kappa shape index (κ3) is 18.0. The number of carboxylic acids is 1. The first kappa shape index (κ1) is 24.2. The molecule has 0 saturated carbocycles. The normalized spacial score (nSPS) is 11.5. The van der Waals surface area contributed by atoms with Crippen LogP contribution in [0.1, 0.15) is 90.9 Å². The minimum atomic E-state index is -1.38. The molecule has 1 unspecified atom stereocenters. The summed E-state index contributed by atoms with van der Waals surface area (Å²) in [6.45, 7) is 4.04. The maximum absolute atomic E-state index is 11.1. The van der Waals surface area contributed by atoms with E-state index >= 15 is 0 Å². The number of carbonyl (C=O) groups excluding carboxylic acids is 2. The molecule has 22 heavy (non-hydrogen) atoms. The number of ether oxygens (including phenoxy) is 1. The van der Waals surface area contributed by atoms with Gasteiger partial charge in [-0.2, -0.15) is 0 Å². The average molecular weight is 322 g/mol. The van der Waals surface area contributed by atoms with Crippen LogP contribution in [-0.2, 0) is 14.3 Å². The van der Waals surface area contributed by atoms with Gasteiger partial charge in [-0.05, 0) is 19.8 Å². The van der Waals surface area contributed by atoms with Crippen molar-refractivity contribution >= 4 is 11.9 Å². The Balaban J connectivity index is 0. The summed E-state index contributed by atoms with van der Waals surface area (Å²) in [5.74, 6) is -2.08. The molecular formula is C17H31NaO4. The summed E-state index contributed by atoms with van der Waals surface area (Å²) in [6.07, 6.45) is 12.7. The van der Waals surface area contributed by atoms with Crippen LogP contribution in [-0.4, -0.2) is 18.0 Å². The fraction of sp³-hybridized carbons (Fsp3) is 0.882. The summed E-state index contributed by atoms with van der Waals surface area (Å²) < 4.78 is 4.98. The van der Waals surface area contributed by atoms with Crippen molar-refractivity contribution in [2.24, 2.45) is 0 Å². The Kier molecular flexibility index (Phi) is 19.0. The van der Waals surface area contributed by atoms with Crippen LogP contribution in [0.5, 0.6) is 0 Å². The third-order valence-corrected chi connectivity index (χ3v) is 3.59. The number of rotatable bonds is 14.